The number of nitrogens with one attached hydrogen (secondary N) is 2. The first-order chi connectivity index (χ1) is 13.7. The molecule has 2 N–H and O–H groups in total. The van der Waals surface area contributed by atoms with Gasteiger partial charge in [-0.05, 0) is 30.5 Å². The lowest BCUT2D eigenvalue weighted by atomic mass is 9.94. The van der Waals surface area contributed by atoms with Gasteiger partial charge in [-0.15, -0.1) is 0 Å². The first-order valence-corrected chi connectivity index (χ1v) is 9.75. The van der Waals surface area contributed by atoms with Crippen LogP contribution in [0.1, 0.15) is 53.5 Å². The van der Waals surface area contributed by atoms with Crippen molar-refractivity contribution < 1.29 is 9.53 Å². The van der Waals surface area contributed by atoms with Gasteiger partial charge in [-0.2, -0.15) is 0 Å². The summed E-state index contributed by atoms with van der Waals surface area (Å²) in [4.78, 5) is 22.0. The first kappa shape index (κ1) is 17.1. The molecule has 1 saturated heterocycles. The number of ketones is 1. The van der Waals surface area contributed by atoms with Crippen molar-refractivity contribution >= 4 is 27.7 Å². The molecule has 28 heavy (non-hydrogen) atoms. The van der Waals surface area contributed by atoms with E-state index < -0.39 is 0 Å². The molecule has 2 aromatic heterocycles. The highest BCUT2D eigenvalue weighted by atomic mass is 16.5. The molecule has 1 aliphatic heterocycles. The number of nitrogens with zero attached hydrogens (tertiary/aromatic N) is 2. The maximum atomic E-state index is 12.9. The number of carbonyl (C=O) groups excluding carboxylic acids is 1. The van der Waals surface area contributed by atoms with E-state index in [0.717, 1.165) is 53.6 Å². The topological polar surface area (TPSA) is 83.7 Å². The second-order valence-electron chi connectivity index (χ2n) is 7.48. The standard InChI is InChI=1S/C22H22N4O2/c1-13(14-5-3-2-4-6-14)21(27)22-23-18-11-16-17(12-19(18)24-22)25-26-20(16)15-7-9-28-10-8-15/h2-6,11-13,15,25-26H,7-10H2,1H3/t13-/m1/s1. The van der Waals surface area contributed by atoms with Gasteiger partial charge in [-0.3, -0.25) is 4.79 Å². The van der Waals surface area contributed by atoms with Crippen molar-refractivity contribution in [3.8, 4) is 0 Å². The minimum absolute atomic E-state index is 0.0534. The average molecular weight is 374 g/mol. The van der Waals surface area contributed by atoms with Crippen LogP contribution in [-0.4, -0.2) is 39.2 Å². The van der Waals surface area contributed by atoms with Crippen molar-refractivity contribution in [2.24, 2.45) is 0 Å². The van der Waals surface area contributed by atoms with E-state index in [0.29, 0.717) is 5.92 Å². The van der Waals surface area contributed by atoms with E-state index >= 15 is 0 Å². The summed E-state index contributed by atoms with van der Waals surface area (Å²) in [5.74, 6) is 0.411. The lowest BCUT2D eigenvalue weighted by Gasteiger charge is -2.21. The van der Waals surface area contributed by atoms with Crippen LogP contribution in [0.3, 0.4) is 0 Å². The van der Waals surface area contributed by atoms with Crippen LogP contribution in [0.2, 0.25) is 0 Å². The Morgan fingerprint density at radius 1 is 1.07 bits per heavy atom. The van der Waals surface area contributed by atoms with Crippen molar-refractivity contribution in [1.82, 2.24) is 20.2 Å². The summed E-state index contributed by atoms with van der Waals surface area (Å²) in [7, 11) is 0. The second-order valence-corrected chi connectivity index (χ2v) is 7.48. The van der Waals surface area contributed by atoms with Gasteiger partial charge in [0.2, 0.25) is 5.78 Å². The van der Waals surface area contributed by atoms with Crippen LogP contribution in [0.25, 0.3) is 21.9 Å². The van der Waals surface area contributed by atoms with Gasteiger partial charge in [0.1, 0.15) is 0 Å². The molecule has 0 saturated carbocycles. The Morgan fingerprint density at radius 2 is 1.79 bits per heavy atom. The largest absolute Gasteiger partial charge is 0.381 e. The third-order valence-corrected chi connectivity index (χ3v) is 5.73. The van der Waals surface area contributed by atoms with Gasteiger partial charge >= 0.3 is 0 Å². The zero-order valence-electron chi connectivity index (χ0n) is 15.7. The van der Waals surface area contributed by atoms with E-state index in [1.165, 1.54) is 5.69 Å². The Hall–Kier alpha value is -2.99. The summed E-state index contributed by atoms with van der Waals surface area (Å²) < 4.78 is 5.48. The van der Waals surface area contributed by atoms with Crippen LogP contribution < -0.4 is 0 Å². The third-order valence-electron chi connectivity index (χ3n) is 5.73. The summed E-state index contributed by atoms with van der Waals surface area (Å²) in [6.07, 6.45) is 2.01. The van der Waals surface area contributed by atoms with Gasteiger partial charge in [0.05, 0.1) is 16.6 Å². The van der Waals surface area contributed by atoms with Crippen molar-refractivity contribution in [3.63, 3.8) is 0 Å². The highest BCUT2D eigenvalue weighted by molar-refractivity contribution is 6.02. The number of rotatable bonds is 4. The number of Topliss-reactive ketones (excluding diaryl/α,β-unsaturated/α-hetero) is 1. The number of imidazole rings is 1. The summed E-state index contributed by atoms with van der Waals surface area (Å²) in [6.45, 7) is 3.49. The molecular weight excluding hydrogens is 352 g/mol. The number of ether oxygens (including phenoxy) is 1. The van der Waals surface area contributed by atoms with E-state index in [2.05, 4.69) is 20.2 Å². The number of carbonyl (C=O) groups is 1. The molecule has 0 amide bonds. The smallest absolute Gasteiger partial charge is 0.207 e. The fraction of sp³-hybridized carbons (Fsp3) is 0.318. The quantitative estimate of drug-likeness (QED) is 0.521. The average Bonchev–Trinajstić information content (AvgIpc) is 3.35. The molecule has 2 aromatic carbocycles. The van der Waals surface area contributed by atoms with Crippen LogP contribution in [0, 0.1) is 0 Å². The third kappa shape index (κ3) is 2.90. The van der Waals surface area contributed by atoms with Crippen LogP contribution in [-0.2, 0) is 4.74 Å². The number of aromatic amines is 2. The maximum Gasteiger partial charge on any atom is 0.207 e. The first-order valence-electron chi connectivity index (χ1n) is 9.75. The number of H-pyrrole nitrogens is 2. The minimum atomic E-state index is -0.269. The molecule has 0 unspecified atom stereocenters. The Morgan fingerprint density at radius 3 is 2.54 bits per heavy atom. The van der Waals surface area contributed by atoms with Crippen LogP contribution in [0.4, 0.5) is 0 Å². The van der Waals surface area contributed by atoms with Gasteiger partial charge < -0.3 is 14.9 Å². The molecule has 5 rings (SSSR count). The predicted octanol–water partition coefficient (Wildman–Crippen LogP) is 4.32. The molecule has 6 nitrogen and oxygen atoms in total. The molecule has 0 spiro atoms. The van der Waals surface area contributed by atoms with Gasteiger partial charge in [0.25, 0.3) is 0 Å². The highest BCUT2D eigenvalue weighted by Gasteiger charge is 2.23. The summed E-state index contributed by atoms with van der Waals surface area (Å²) in [5.41, 5.74) is 4.66. The molecule has 142 valence electrons. The number of aromatic nitrogens is 4. The van der Waals surface area contributed by atoms with Gasteiger partial charge in [0, 0.05) is 36.1 Å². The fourth-order valence-electron chi connectivity index (χ4n) is 4.04. The zero-order valence-corrected chi connectivity index (χ0v) is 15.7. The Balaban J connectivity index is 1.51. The van der Waals surface area contributed by atoms with Crippen LogP contribution >= 0.6 is 0 Å². The summed E-state index contributed by atoms with van der Waals surface area (Å²) in [5, 5.41) is 7.69. The maximum absolute atomic E-state index is 12.9. The number of fused-ring (bicyclic) bond motifs is 2. The van der Waals surface area contributed by atoms with Crippen molar-refractivity contribution in [1.29, 1.82) is 0 Å². The molecule has 1 fully saturated rings. The molecule has 4 aromatic rings. The van der Waals surface area contributed by atoms with E-state index in [4.69, 9.17) is 4.74 Å². The molecule has 6 heteroatoms. The Bertz CT molecular complexity index is 1140. The van der Waals surface area contributed by atoms with E-state index in [1.807, 2.05) is 49.4 Å². The molecule has 1 atom stereocenters. The number of hydrogen-bond donors (Lipinski definition) is 2. The SMILES string of the molecule is C[C@@H](C(=O)c1nc2cc3[nH][nH]c(C4CCOCC4)c3cc2n1)c1ccccc1. The molecule has 3 heterocycles. The van der Waals surface area contributed by atoms with Gasteiger partial charge in [-0.25, -0.2) is 9.97 Å². The molecule has 0 radical (unpaired) electrons. The van der Waals surface area contributed by atoms with Crippen LogP contribution in [0.5, 0.6) is 0 Å². The van der Waals surface area contributed by atoms with Gasteiger partial charge in [-0.1, -0.05) is 37.3 Å². The van der Waals surface area contributed by atoms with E-state index in [1.54, 1.807) is 0 Å². The van der Waals surface area contributed by atoms with Crippen molar-refractivity contribution in [2.75, 3.05) is 13.2 Å². The van der Waals surface area contributed by atoms with Gasteiger partial charge in [0.15, 0.2) is 5.82 Å². The molecule has 0 bridgehead atoms. The van der Waals surface area contributed by atoms with Crippen molar-refractivity contribution in [3.05, 3.63) is 59.5 Å². The summed E-state index contributed by atoms with van der Waals surface area (Å²) in [6, 6.07) is 13.8. The predicted molar refractivity (Wildman–Crippen MR) is 108 cm³/mol. The lowest BCUT2D eigenvalue weighted by molar-refractivity contribution is 0.0847. The Labute approximate surface area is 162 Å². The zero-order chi connectivity index (χ0) is 19.1. The van der Waals surface area contributed by atoms with E-state index in [-0.39, 0.29) is 17.5 Å². The van der Waals surface area contributed by atoms with Crippen molar-refractivity contribution in [2.45, 2.75) is 31.6 Å². The lowest BCUT2D eigenvalue weighted by Crippen LogP contribution is -2.14. The summed E-state index contributed by atoms with van der Waals surface area (Å²) >= 11 is 0. The minimum Gasteiger partial charge on any atom is -0.381 e. The second kappa shape index (κ2) is 6.87. The molecule has 1 aliphatic rings. The van der Waals surface area contributed by atoms with E-state index in [9.17, 15) is 4.79 Å². The fourth-order valence-corrected chi connectivity index (χ4v) is 4.04. The van der Waals surface area contributed by atoms with Crippen LogP contribution in [0.15, 0.2) is 42.5 Å². The monoisotopic (exact) mass is 374 g/mol. The molecular formula is C22H22N4O2. The molecule has 0 aliphatic carbocycles. The number of hydrogen-bond acceptors (Lipinski definition) is 4. The Kier molecular flexibility index (Phi) is 4.20. The number of benzene rings is 2. The normalized spacial score (nSPS) is 16.6. The highest BCUT2D eigenvalue weighted by Crippen LogP contribution is 2.32.